The molecule has 0 saturated carbocycles. The number of rotatable bonds is 6. The van der Waals surface area contributed by atoms with Crippen LogP contribution in [0.3, 0.4) is 0 Å². The molecule has 1 aliphatic rings. The molecule has 3 aromatic rings. The first kappa shape index (κ1) is 19.2. The topological polar surface area (TPSA) is 63.1 Å². The minimum Gasteiger partial charge on any atom is -0.310 e. The van der Waals surface area contributed by atoms with Crippen molar-refractivity contribution in [2.45, 2.75) is 32.0 Å². The van der Waals surface area contributed by atoms with E-state index in [1.165, 1.54) is 5.56 Å². The quantitative estimate of drug-likeness (QED) is 0.595. The molecule has 1 fully saturated rings. The highest BCUT2D eigenvalue weighted by molar-refractivity contribution is 9.10. The summed E-state index contributed by atoms with van der Waals surface area (Å²) in [6.45, 7) is 4.53. The van der Waals surface area contributed by atoms with Gasteiger partial charge in [0.1, 0.15) is 4.60 Å². The molecule has 0 bridgehead atoms. The number of likely N-dealkylation sites (tertiary alicyclic amines) is 1. The smallest absolute Gasteiger partial charge is 0.251 e. The lowest BCUT2D eigenvalue weighted by atomic mass is 10.0. The monoisotopic (exact) mass is 441 g/mol. The predicted molar refractivity (Wildman–Crippen MR) is 114 cm³/mol. The van der Waals surface area contributed by atoms with Crippen LogP contribution < -0.4 is 10.9 Å². The molecule has 4 rings (SSSR count). The number of fused-ring (bicyclic) bond motifs is 1. The largest absolute Gasteiger partial charge is 0.310 e. The van der Waals surface area contributed by atoms with Crippen LogP contribution in [0.5, 0.6) is 0 Å². The van der Waals surface area contributed by atoms with Crippen LogP contribution in [0, 0.1) is 0 Å². The van der Waals surface area contributed by atoms with E-state index >= 15 is 0 Å². The van der Waals surface area contributed by atoms with Gasteiger partial charge in [0.2, 0.25) is 0 Å². The molecule has 0 aliphatic carbocycles. The molecule has 0 amide bonds. The summed E-state index contributed by atoms with van der Waals surface area (Å²) in [5, 5.41) is 3.64. The predicted octanol–water partition coefficient (Wildman–Crippen LogP) is 2.81. The minimum atomic E-state index is 0.0418. The van der Waals surface area contributed by atoms with E-state index in [4.69, 9.17) is 0 Å². The highest BCUT2D eigenvalue weighted by Crippen LogP contribution is 2.13. The Balaban J connectivity index is 1.28. The second-order valence-corrected chi connectivity index (χ2v) is 8.03. The number of hydrogen-bond acceptors (Lipinski definition) is 5. The van der Waals surface area contributed by atoms with Gasteiger partial charge in [0.25, 0.3) is 5.56 Å². The average Bonchev–Trinajstić information content (AvgIpc) is 2.73. The second kappa shape index (κ2) is 8.94. The first-order chi connectivity index (χ1) is 13.7. The third kappa shape index (κ3) is 4.66. The van der Waals surface area contributed by atoms with Crippen molar-refractivity contribution in [1.29, 1.82) is 0 Å². The molecular formula is C21H24BrN5O. The Kier molecular flexibility index (Phi) is 6.14. The molecule has 0 unspecified atom stereocenters. The standard InChI is InChI=1S/C21H24BrN5O/c22-20-5-3-16(15-25-20)14-24-17-7-10-26(11-8-17)12-13-27-19-2-1-9-23-18(19)4-6-21(27)28/h1-6,9,15,17,24H,7-8,10-14H2. The number of nitrogens with one attached hydrogen (secondary N) is 1. The van der Waals surface area contributed by atoms with Crippen molar-refractivity contribution in [3.8, 4) is 0 Å². The van der Waals surface area contributed by atoms with E-state index in [2.05, 4.69) is 42.2 Å². The van der Waals surface area contributed by atoms with E-state index in [9.17, 15) is 4.79 Å². The fourth-order valence-electron chi connectivity index (χ4n) is 3.73. The van der Waals surface area contributed by atoms with Crippen LogP contribution in [0.15, 0.2) is 58.2 Å². The third-order valence-corrected chi connectivity index (χ3v) is 5.84. The lowest BCUT2D eigenvalue weighted by molar-refractivity contribution is 0.191. The van der Waals surface area contributed by atoms with Crippen LogP contribution in [-0.4, -0.2) is 45.1 Å². The van der Waals surface area contributed by atoms with E-state index in [1.807, 2.05) is 29.0 Å². The van der Waals surface area contributed by atoms with Gasteiger partial charge in [-0.1, -0.05) is 6.07 Å². The summed E-state index contributed by atoms with van der Waals surface area (Å²) in [4.78, 5) is 23.4. The molecular weight excluding hydrogens is 418 g/mol. The molecule has 1 aliphatic heterocycles. The zero-order valence-electron chi connectivity index (χ0n) is 15.7. The Morgan fingerprint density at radius 1 is 1.07 bits per heavy atom. The molecule has 0 spiro atoms. The molecule has 0 aromatic carbocycles. The van der Waals surface area contributed by atoms with Crippen molar-refractivity contribution in [2.24, 2.45) is 0 Å². The molecule has 146 valence electrons. The highest BCUT2D eigenvalue weighted by Gasteiger charge is 2.19. The van der Waals surface area contributed by atoms with Gasteiger partial charge in [0, 0.05) is 44.1 Å². The van der Waals surface area contributed by atoms with E-state index in [0.29, 0.717) is 12.6 Å². The molecule has 0 radical (unpaired) electrons. The first-order valence-electron chi connectivity index (χ1n) is 9.70. The normalized spacial score (nSPS) is 15.9. The fraction of sp³-hybridized carbons (Fsp3) is 0.381. The molecule has 4 heterocycles. The maximum atomic E-state index is 12.3. The summed E-state index contributed by atoms with van der Waals surface area (Å²) in [5.74, 6) is 0. The molecule has 3 aromatic heterocycles. The van der Waals surface area contributed by atoms with Gasteiger partial charge in [0.15, 0.2) is 0 Å². The van der Waals surface area contributed by atoms with E-state index in [1.54, 1.807) is 18.3 Å². The fourth-order valence-corrected chi connectivity index (χ4v) is 3.97. The van der Waals surface area contributed by atoms with Gasteiger partial charge in [-0.25, -0.2) is 4.98 Å². The second-order valence-electron chi connectivity index (χ2n) is 7.22. The van der Waals surface area contributed by atoms with Crippen molar-refractivity contribution < 1.29 is 0 Å². The van der Waals surface area contributed by atoms with Crippen molar-refractivity contribution in [3.63, 3.8) is 0 Å². The van der Waals surface area contributed by atoms with Crippen molar-refractivity contribution in [2.75, 3.05) is 19.6 Å². The lowest BCUT2D eigenvalue weighted by Gasteiger charge is -2.32. The molecule has 1 N–H and O–H groups in total. The van der Waals surface area contributed by atoms with Crippen molar-refractivity contribution >= 4 is 27.0 Å². The summed E-state index contributed by atoms with van der Waals surface area (Å²) < 4.78 is 2.71. The molecule has 7 heteroatoms. The summed E-state index contributed by atoms with van der Waals surface area (Å²) in [7, 11) is 0. The SMILES string of the molecule is O=c1ccc2ncccc2n1CCN1CCC(NCc2ccc(Br)nc2)CC1. The van der Waals surface area contributed by atoms with Crippen LogP contribution in [-0.2, 0) is 13.1 Å². The summed E-state index contributed by atoms with van der Waals surface area (Å²) in [6, 6.07) is 11.9. The minimum absolute atomic E-state index is 0.0418. The van der Waals surface area contributed by atoms with Crippen LogP contribution in [0.25, 0.3) is 11.0 Å². The highest BCUT2D eigenvalue weighted by atomic mass is 79.9. The Bertz CT molecular complexity index is 980. The molecule has 28 heavy (non-hydrogen) atoms. The zero-order chi connectivity index (χ0) is 19.3. The van der Waals surface area contributed by atoms with E-state index < -0.39 is 0 Å². The zero-order valence-corrected chi connectivity index (χ0v) is 17.3. The van der Waals surface area contributed by atoms with E-state index in [0.717, 1.165) is 54.7 Å². The van der Waals surface area contributed by atoms with Gasteiger partial charge in [-0.05, 0) is 71.7 Å². The Morgan fingerprint density at radius 2 is 1.93 bits per heavy atom. The van der Waals surface area contributed by atoms with Gasteiger partial charge in [-0.3, -0.25) is 9.78 Å². The third-order valence-electron chi connectivity index (χ3n) is 5.37. The summed E-state index contributed by atoms with van der Waals surface area (Å²) in [6.07, 6.45) is 5.91. The first-order valence-corrected chi connectivity index (χ1v) is 10.5. The van der Waals surface area contributed by atoms with Gasteiger partial charge in [-0.2, -0.15) is 0 Å². The van der Waals surface area contributed by atoms with Crippen LogP contribution in [0.4, 0.5) is 0 Å². The Morgan fingerprint density at radius 3 is 2.71 bits per heavy atom. The van der Waals surface area contributed by atoms with Gasteiger partial charge in [0.05, 0.1) is 11.0 Å². The van der Waals surface area contributed by atoms with Gasteiger partial charge < -0.3 is 14.8 Å². The molecule has 1 saturated heterocycles. The van der Waals surface area contributed by atoms with Gasteiger partial charge >= 0.3 is 0 Å². The lowest BCUT2D eigenvalue weighted by Crippen LogP contribution is -2.43. The number of hydrogen-bond donors (Lipinski definition) is 1. The van der Waals surface area contributed by atoms with Crippen molar-refractivity contribution in [1.82, 2.24) is 24.8 Å². The summed E-state index contributed by atoms with van der Waals surface area (Å²) in [5.41, 5.74) is 3.02. The van der Waals surface area contributed by atoms with Gasteiger partial charge in [-0.15, -0.1) is 0 Å². The maximum absolute atomic E-state index is 12.3. The maximum Gasteiger partial charge on any atom is 0.251 e. The van der Waals surface area contributed by atoms with Crippen molar-refractivity contribution in [3.05, 3.63) is 69.3 Å². The number of aromatic nitrogens is 3. The van der Waals surface area contributed by atoms with E-state index in [-0.39, 0.29) is 5.56 Å². The summed E-state index contributed by atoms with van der Waals surface area (Å²) >= 11 is 3.37. The average molecular weight is 442 g/mol. The Hall–Kier alpha value is -2.09. The van der Waals surface area contributed by atoms with Crippen LogP contribution in [0.1, 0.15) is 18.4 Å². The van der Waals surface area contributed by atoms with Crippen LogP contribution in [0.2, 0.25) is 0 Å². The van der Waals surface area contributed by atoms with Crippen LogP contribution >= 0.6 is 15.9 Å². The molecule has 6 nitrogen and oxygen atoms in total. The molecule has 0 atom stereocenters. The number of halogens is 1. The number of piperidine rings is 1. The number of nitrogens with zero attached hydrogens (tertiary/aromatic N) is 4. The Labute approximate surface area is 172 Å². The number of pyridine rings is 3.